The van der Waals surface area contributed by atoms with Crippen LogP contribution in [0.1, 0.15) is 29.9 Å². The Morgan fingerprint density at radius 2 is 2.33 bits per heavy atom. The molecule has 0 unspecified atom stereocenters. The lowest BCUT2D eigenvalue weighted by molar-refractivity contribution is 0.0208. The first kappa shape index (κ1) is 11.7. The quantitative estimate of drug-likeness (QED) is 0.757. The molecule has 0 bridgehead atoms. The van der Waals surface area contributed by atoms with E-state index in [1.54, 1.807) is 11.7 Å². The van der Waals surface area contributed by atoms with Crippen LogP contribution in [0.4, 0.5) is 0 Å². The zero-order chi connectivity index (χ0) is 11.4. The van der Waals surface area contributed by atoms with Gasteiger partial charge in [0.2, 0.25) is 0 Å². The largest absolute Gasteiger partial charge is 0.278 e. The van der Waals surface area contributed by atoms with Gasteiger partial charge in [-0.05, 0) is 12.8 Å². The summed E-state index contributed by atoms with van der Waals surface area (Å²) < 4.78 is 1.65. The molecule has 0 aliphatic rings. The molecule has 1 aromatic heterocycles. The van der Waals surface area contributed by atoms with Gasteiger partial charge in [0.25, 0.3) is 5.91 Å². The van der Waals surface area contributed by atoms with E-state index in [4.69, 9.17) is 4.84 Å². The number of aromatic nitrogens is 2. The number of carbonyl (C=O) groups is 1. The third-order valence-corrected chi connectivity index (χ3v) is 2.06. The van der Waals surface area contributed by atoms with Crippen LogP contribution >= 0.6 is 0 Å². The van der Waals surface area contributed by atoms with E-state index in [-0.39, 0.29) is 5.91 Å². The van der Waals surface area contributed by atoms with E-state index in [0.717, 1.165) is 5.69 Å². The van der Waals surface area contributed by atoms with Gasteiger partial charge in [0.1, 0.15) is 0 Å². The van der Waals surface area contributed by atoms with Crippen LogP contribution in [0.25, 0.3) is 0 Å². The molecule has 84 valence electrons. The van der Waals surface area contributed by atoms with Crippen LogP contribution in [0.3, 0.4) is 0 Å². The zero-order valence-electron chi connectivity index (χ0n) is 9.57. The first-order valence-electron chi connectivity index (χ1n) is 4.93. The first-order valence-corrected chi connectivity index (χ1v) is 4.93. The molecule has 0 saturated carbocycles. The van der Waals surface area contributed by atoms with Crippen LogP contribution in [0, 0.1) is 12.8 Å². The van der Waals surface area contributed by atoms with Gasteiger partial charge in [-0.15, -0.1) is 0 Å². The number of amides is 1. The predicted molar refractivity (Wildman–Crippen MR) is 56.2 cm³/mol. The lowest BCUT2D eigenvalue weighted by Gasteiger charge is -2.07. The molecule has 1 heterocycles. The summed E-state index contributed by atoms with van der Waals surface area (Å²) in [6.07, 6.45) is 1.53. The number of nitrogens with zero attached hydrogens (tertiary/aromatic N) is 2. The summed E-state index contributed by atoms with van der Waals surface area (Å²) in [5.74, 6) is 0.140. The lowest BCUT2D eigenvalue weighted by atomic mass is 10.2. The molecule has 1 aromatic rings. The van der Waals surface area contributed by atoms with Crippen molar-refractivity contribution in [2.75, 3.05) is 6.61 Å². The molecule has 15 heavy (non-hydrogen) atoms. The molecule has 0 aliphatic heterocycles. The van der Waals surface area contributed by atoms with Gasteiger partial charge in [0, 0.05) is 12.7 Å². The summed E-state index contributed by atoms with van der Waals surface area (Å²) in [6, 6.07) is 0. The molecule has 0 atom stereocenters. The van der Waals surface area contributed by atoms with E-state index in [1.165, 1.54) is 6.20 Å². The van der Waals surface area contributed by atoms with Crippen molar-refractivity contribution in [3.8, 4) is 0 Å². The van der Waals surface area contributed by atoms with Crippen molar-refractivity contribution in [2.45, 2.75) is 20.8 Å². The minimum Gasteiger partial charge on any atom is -0.273 e. The van der Waals surface area contributed by atoms with Gasteiger partial charge < -0.3 is 0 Å². The molecule has 0 fully saturated rings. The van der Waals surface area contributed by atoms with Crippen LogP contribution in [0.2, 0.25) is 0 Å². The van der Waals surface area contributed by atoms with Gasteiger partial charge in [0.15, 0.2) is 0 Å². The number of hydroxylamine groups is 1. The molecular formula is C10H17N3O2. The van der Waals surface area contributed by atoms with Crippen LogP contribution in [-0.2, 0) is 11.9 Å². The topological polar surface area (TPSA) is 56.1 Å². The summed E-state index contributed by atoms with van der Waals surface area (Å²) in [5, 5.41) is 3.98. The summed E-state index contributed by atoms with van der Waals surface area (Å²) in [6.45, 7) is 6.37. The minimum absolute atomic E-state index is 0.249. The van der Waals surface area contributed by atoms with Gasteiger partial charge in [-0.3, -0.25) is 14.3 Å². The van der Waals surface area contributed by atoms with Crippen molar-refractivity contribution in [3.05, 3.63) is 17.5 Å². The van der Waals surface area contributed by atoms with E-state index >= 15 is 0 Å². The van der Waals surface area contributed by atoms with Gasteiger partial charge in [-0.1, -0.05) is 13.8 Å². The number of nitrogens with one attached hydrogen (secondary N) is 1. The average Bonchev–Trinajstić information content (AvgIpc) is 2.47. The molecule has 0 aliphatic carbocycles. The molecule has 1 amide bonds. The summed E-state index contributed by atoms with van der Waals surface area (Å²) in [5.41, 5.74) is 3.76. The lowest BCUT2D eigenvalue weighted by Crippen LogP contribution is -2.26. The maximum absolute atomic E-state index is 11.6. The monoisotopic (exact) mass is 211 g/mol. The van der Waals surface area contributed by atoms with E-state index < -0.39 is 0 Å². The van der Waals surface area contributed by atoms with Crippen molar-refractivity contribution in [1.29, 1.82) is 0 Å². The standard InChI is InChI=1S/C10H17N3O2/c1-7(2)6-15-12-10(14)9-5-11-13(4)8(9)3/h5,7H,6H2,1-4H3,(H,12,14). The Morgan fingerprint density at radius 1 is 1.67 bits per heavy atom. The summed E-state index contributed by atoms with van der Waals surface area (Å²) in [7, 11) is 1.79. The van der Waals surface area contributed by atoms with E-state index in [9.17, 15) is 4.79 Å². The fourth-order valence-corrected chi connectivity index (χ4v) is 1.05. The van der Waals surface area contributed by atoms with E-state index in [2.05, 4.69) is 10.6 Å². The highest BCUT2D eigenvalue weighted by Gasteiger charge is 2.12. The molecule has 5 nitrogen and oxygen atoms in total. The van der Waals surface area contributed by atoms with Gasteiger partial charge in [0.05, 0.1) is 18.4 Å². The number of aryl methyl sites for hydroxylation is 1. The molecule has 1 N–H and O–H groups in total. The smallest absolute Gasteiger partial charge is 0.273 e. The highest BCUT2D eigenvalue weighted by molar-refractivity contribution is 5.94. The minimum atomic E-state index is -0.249. The highest BCUT2D eigenvalue weighted by Crippen LogP contribution is 2.04. The number of hydrogen-bond donors (Lipinski definition) is 1. The predicted octanol–water partition coefficient (Wildman–Crippen LogP) is 1.05. The Morgan fingerprint density at radius 3 is 2.80 bits per heavy atom. The van der Waals surface area contributed by atoms with Gasteiger partial charge in [-0.2, -0.15) is 5.10 Å². The number of hydrogen-bond acceptors (Lipinski definition) is 3. The van der Waals surface area contributed by atoms with Crippen molar-refractivity contribution < 1.29 is 9.63 Å². The fourth-order valence-electron chi connectivity index (χ4n) is 1.05. The van der Waals surface area contributed by atoms with Crippen molar-refractivity contribution in [1.82, 2.24) is 15.3 Å². The van der Waals surface area contributed by atoms with Crippen molar-refractivity contribution in [3.63, 3.8) is 0 Å². The Bertz CT molecular complexity index is 344. The van der Waals surface area contributed by atoms with Gasteiger partial charge in [-0.25, -0.2) is 5.48 Å². The Kier molecular flexibility index (Phi) is 3.85. The summed E-state index contributed by atoms with van der Waals surface area (Å²) >= 11 is 0. The molecule has 1 rings (SSSR count). The molecule has 5 heteroatoms. The third kappa shape index (κ3) is 3.06. The van der Waals surface area contributed by atoms with Crippen LogP contribution < -0.4 is 5.48 Å². The Balaban J connectivity index is 2.51. The second kappa shape index (κ2) is 4.93. The van der Waals surface area contributed by atoms with Gasteiger partial charge >= 0.3 is 0 Å². The van der Waals surface area contributed by atoms with E-state index in [0.29, 0.717) is 18.1 Å². The van der Waals surface area contributed by atoms with Crippen LogP contribution in [-0.4, -0.2) is 22.3 Å². The SMILES string of the molecule is Cc1c(C(=O)NOCC(C)C)cnn1C. The van der Waals surface area contributed by atoms with Crippen LogP contribution in [0.5, 0.6) is 0 Å². The number of rotatable bonds is 4. The maximum atomic E-state index is 11.6. The fraction of sp³-hybridized carbons (Fsp3) is 0.600. The average molecular weight is 211 g/mol. The molecule has 0 spiro atoms. The second-order valence-corrected chi connectivity index (χ2v) is 3.90. The maximum Gasteiger partial charge on any atom is 0.278 e. The molecule has 0 aromatic carbocycles. The van der Waals surface area contributed by atoms with Crippen molar-refractivity contribution >= 4 is 5.91 Å². The van der Waals surface area contributed by atoms with E-state index in [1.807, 2.05) is 20.8 Å². The Hall–Kier alpha value is -1.36. The summed E-state index contributed by atoms with van der Waals surface area (Å²) in [4.78, 5) is 16.6. The number of carbonyl (C=O) groups excluding carboxylic acids is 1. The Labute approximate surface area is 89.4 Å². The third-order valence-electron chi connectivity index (χ3n) is 2.06. The molecule has 0 saturated heterocycles. The van der Waals surface area contributed by atoms with Crippen LogP contribution in [0.15, 0.2) is 6.20 Å². The zero-order valence-corrected chi connectivity index (χ0v) is 9.57. The molecule has 0 radical (unpaired) electrons. The first-order chi connectivity index (χ1) is 7.02. The van der Waals surface area contributed by atoms with Crippen molar-refractivity contribution in [2.24, 2.45) is 13.0 Å². The highest BCUT2D eigenvalue weighted by atomic mass is 16.6. The second-order valence-electron chi connectivity index (χ2n) is 3.90. The normalized spacial score (nSPS) is 10.7. The molecular weight excluding hydrogens is 194 g/mol.